The van der Waals surface area contributed by atoms with Crippen LogP contribution >= 0.6 is 0 Å². The van der Waals surface area contributed by atoms with Gasteiger partial charge in [0.05, 0.1) is 17.7 Å². The van der Waals surface area contributed by atoms with E-state index in [1.54, 1.807) is 12.3 Å². The summed E-state index contributed by atoms with van der Waals surface area (Å²) < 4.78 is 0. The molecule has 2 aromatic rings. The molecule has 1 saturated heterocycles. The van der Waals surface area contributed by atoms with Crippen molar-refractivity contribution in [2.75, 3.05) is 6.54 Å². The number of likely N-dealkylation sites (tertiary alicyclic amines) is 1. The first-order valence-electron chi connectivity index (χ1n) is 8.93. The van der Waals surface area contributed by atoms with Crippen molar-refractivity contribution < 1.29 is 14.7 Å². The van der Waals surface area contributed by atoms with Crippen molar-refractivity contribution in [2.24, 2.45) is 0 Å². The number of hydrogen-bond donors (Lipinski definition) is 1. The molecular weight excluding hydrogens is 328 g/mol. The maximum Gasteiger partial charge on any atom is 0.256 e. The van der Waals surface area contributed by atoms with Gasteiger partial charge in [0.2, 0.25) is 0 Å². The summed E-state index contributed by atoms with van der Waals surface area (Å²) in [6.45, 7) is 4.08. The number of Topliss-reactive ketones (excluding diaryl/α,β-unsaturated/α-hetero) is 1. The summed E-state index contributed by atoms with van der Waals surface area (Å²) in [7, 11) is 0. The molecule has 1 aromatic heterocycles. The van der Waals surface area contributed by atoms with Gasteiger partial charge in [-0.2, -0.15) is 0 Å². The first-order chi connectivity index (χ1) is 12.4. The van der Waals surface area contributed by atoms with Crippen molar-refractivity contribution in [3.05, 3.63) is 65.0 Å². The van der Waals surface area contributed by atoms with Crippen LogP contribution in [0.25, 0.3) is 0 Å². The molecule has 0 spiro atoms. The van der Waals surface area contributed by atoms with Crippen LogP contribution in [0.1, 0.15) is 39.9 Å². The number of pyridine rings is 1. The minimum Gasteiger partial charge on any atom is -0.391 e. The van der Waals surface area contributed by atoms with Gasteiger partial charge in [-0.15, -0.1) is 0 Å². The molecule has 0 unspecified atom stereocenters. The Morgan fingerprint density at radius 3 is 2.58 bits per heavy atom. The molecule has 2 atom stereocenters. The monoisotopic (exact) mass is 352 g/mol. The lowest BCUT2D eigenvalue weighted by molar-refractivity contribution is -0.122. The van der Waals surface area contributed by atoms with Crippen molar-refractivity contribution in [3.63, 3.8) is 0 Å². The van der Waals surface area contributed by atoms with E-state index in [0.29, 0.717) is 24.8 Å². The first-order valence-corrected chi connectivity index (χ1v) is 8.93. The third kappa shape index (κ3) is 4.17. The van der Waals surface area contributed by atoms with E-state index in [4.69, 9.17) is 0 Å². The number of aryl methyl sites for hydroxylation is 3. The molecule has 3 rings (SSSR count). The second-order valence-electron chi connectivity index (χ2n) is 7.07. The third-order valence-electron chi connectivity index (χ3n) is 4.81. The fourth-order valence-corrected chi connectivity index (χ4v) is 3.37. The maximum absolute atomic E-state index is 12.8. The average Bonchev–Trinajstić information content (AvgIpc) is 3.02. The number of carbonyl (C=O) groups is 2. The average molecular weight is 352 g/mol. The van der Waals surface area contributed by atoms with E-state index in [9.17, 15) is 14.7 Å². The highest BCUT2D eigenvalue weighted by molar-refractivity contribution is 5.98. The van der Waals surface area contributed by atoms with Crippen LogP contribution in [0.4, 0.5) is 0 Å². The second-order valence-corrected chi connectivity index (χ2v) is 7.07. The lowest BCUT2D eigenvalue weighted by Crippen LogP contribution is -2.40. The van der Waals surface area contributed by atoms with E-state index in [1.807, 2.05) is 38.1 Å². The van der Waals surface area contributed by atoms with E-state index < -0.39 is 12.1 Å². The van der Waals surface area contributed by atoms with Crippen LogP contribution < -0.4 is 0 Å². The molecular formula is C21H24N2O3. The minimum absolute atomic E-state index is 0.00362. The zero-order chi connectivity index (χ0) is 18.7. The van der Waals surface area contributed by atoms with Crippen LogP contribution in [0.5, 0.6) is 0 Å². The smallest absolute Gasteiger partial charge is 0.256 e. The summed E-state index contributed by atoms with van der Waals surface area (Å²) in [4.78, 5) is 31.1. The van der Waals surface area contributed by atoms with Gasteiger partial charge in [-0.1, -0.05) is 29.8 Å². The Morgan fingerprint density at radius 1 is 1.15 bits per heavy atom. The summed E-state index contributed by atoms with van der Waals surface area (Å²) in [6.07, 6.45) is 3.83. The summed E-state index contributed by atoms with van der Waals surface area (Å²) >= 11 is 0. The fourth-order valence-electron chi connectivity index (χ4n) is 3.37. The van der Waals surface area contributed by atoms with Crippen LogP contribution in [-0.4, -0.2) is 45.4 Å². The fraction of sp³-hybridized carbons (Fsp3) is 0.381. The summed E-state index contributed by atoms with van der Waals surface area (Å²) in [5, 5.41) is 10.0. The molecule has 1 aromatic carbocycles. The van der Waals surface area contributed by atoms with Crippen molar-refractivity contribution in [1.82, 2.24) is 9.88 Å². The molecule has 1 aliphatic heterocycles. The van der Waals surface area contributed by atoms with Gasteiger partial charge in [0.1, 0.15) is 0 Å². The highest BCUT2D eigenvalue weighted by Crippen LogP contribution is 2.23. The topological polar surface area (TPSA) is 70.5 Å². The van der Waals surface area contributed by atoms with Crippen molar-refractivity contribution >= 4 is 11.7 Å². The normalized spacial score (nSPS) is 19.6. The number of aliphatic hydroxyl groups is 1. The van der Waals surface area contributed by atoms with Crippen LogP contribution in [-0.2, 0) is 11.2 Å². The number of ketones is 1. The zero-order valence-corrected chi connectivity index (χ0v) is 15.2. The van der Waals surface area contributed by atoms with E-state index in [2.05, 4.69) is 4.98 Å². The minimum atomic E-state index is -0.662. The standard InChI is InChI=1S/C21H24N2O3/c1-14-3-5-16(6-4-14)7-8-20(25)19-10-18(24)13-23(19)21(26)17-9-15(2)11-22-12-17/h3-6,9,11-12,18-19,24H,7-8,10,13H2,1-2H3/t18-,19+/m1/s1. The SMILES string of the molecule is Cc1ccc(CCC(=O)[C@@H]2C[C@@H](O)CN2C(=O)c2cncc(C)c2)cc1. The molecule has 1 N–H and O–H groups in total. The molecule has 26 heavy (non-hydrogen) atoms. The molecule has 1 fully saturated rings. The molecule has 2 heterocycles. The van der Waals surface area contributed by atoms with Crippen molar-refractivity contribution in [2.45, 2.75) is 45.3 Å². The van der Waals surface area contributed by atoms with E-state index in [-0.39, 0.29) is 18.2 Å². The number of aromatic nitrogens is 1. The van der Waals surface area contributed by atoms with Crippen LogP contribution in [0.15, 0.2) is 42.7 Å². The van der Waals surface area contributed by atoms with Gasteiger partial charge in [-0.05, 0) is 37.5 Å². The zero-order valence-electron chi connectivity index (χ0n) is 15.2. The van der Waals surface area contributed by atoms with Gasteiger partial charge in [0, 0.05) is 31.8 Å². The molecule has 1 amide bonds. The Morgan fingerprint density at radius 2 is 1.88 bits per heavy atom. The number of amides is 1. The summed E-state index contributed by atoms with van der Waals surface area (Å²) in [5.41, 5.74) is 3.62. The molecule has 5 heteroatoms. The van der Waals surface area contributed by atoms with Gasteiger partial charge in [0.15, 0.2) is 5.78 Å². The molecule has 0 saturated carbocycles. The van der Waals surface area contributed by atoms with E-state index >= 15 is 0 Å². The van der Waals surface area contributed by atoms with Crippen molar-refractivity contribution in [1.29, 1.82) is 0 Å². The largest absolute Gasteiger partial charge is 0.391 e. The van der Waals surface area contributed by atoms with Crippen LogP contribution in [0, 0.1) is 13.8 Å². The highest BCUT2D eigenvalue weighted by Gasteiger charge is 2.38. The summed E-state index contributed by atoms with van der Waals surface area (Å²) in [5.74, 6) is -0.248. The Kier molecular flexibility index (Phi) is 5.47. The number of aliphatic hydroxyl groups excluding tert-OH is 1. The summed E-state index contributed by atoms with van der Waals surface area (Å²) in [6, 6.07) is 9.29. The van der Waals surface area contributed by atoms with Gasteiger partial charge < -0.3 is 10.0 Å². The number of benzene rings is 1. The van der Waals surface area contributed by atoms with E-state index in [0.717, 1.165) is 11.1 Å². The predicted molar refractivity (Wildman–Crippen MR) is 98.9 cm³/mol. The molecule has 5 nitrogen and oxygen atoms in total. The number of β-amino-alcohol motifs (C(OH)–C–C–N with tert-alkyl or cyclic N) is 1. The van der Waals surface area contributed by atoms with Gasteiger partial charge in [-0.25, -0.2) is 0 Å². The number of carbonyl (C=O) groups excluding carboxylic acids is 2. The van der Waals surface area contributed by atoms with Crippen molar-refractivity contribution in [3.8, 4) is 0 Å². The van der Waals surface area contributed by atoms with Gasteiger partial charge >= 0.3 is 0 Å². The first kappa shape index (κ1) is 18.3. The second kappa shape index (κ2) is 7.79. The Balaban J connectivity index is 1.69. The number of rotatable bonds is 5. The quantitative estimate of drug-likeness (QED) is 0.897. The van der Waals surface area contributed by atoms with E-state index in [1.165, 1.54) is 16.7 Å². The maximum atomic E-state index is 12.8. The number of hydrogen-bond acceptors (Lipinski definition) is 4. The van der Waals surface area contributed by atoms with Gasteiger partial charge in [-0.3, -0.25) is 14.6 Å². The number of nitrogens with zero attached hydrogens (tertiary/aromatic N) is 2. The van der Waals surface area contributed by atoms with Gasteiger partial charge in [0.25, 0.3) is 5.91 Å². The third-order valence-corrected chi connectivity index (χ3v) is 4.81. The Labute approximate surface area is 153 Å². The molecule has 136 valence electrons. The molecule has 0 aliphatic carbocycles. The van der Waals surface area contributed by atoms with Crippen LogP contribution in [0.2, 0.25) is 0 Å². The Hall–Kier alpha value is -2.53. The van der Waals surface area contributed by atoms with Crippen LogP contribution in [0.3, 0.4) is 0 Å². The highest BCUT2D eigenvalue weighted by atomic mass is 16.3. The molecule has 1 aliphatic rings. The lowest BCUT2D eigenvalue weighted by atomic mass is 10.0. The predicted octanol–water partition coefficient (Wildman–Crippen LogP) is 2.48. The lowest BCUT2D eigenvalue weighted by Gasteiger charge is -2.23. The molecule has 0 bridgehead atoms. The molecule has 0 radical (unpaired) electrons. The Bertz CT molecular complexity index is 801.